The highest BCUT2D eigenvalue weighted by atomic mass is 16.5. The fourth-order valence-corrected chi connectivity index (χ4v) is 4.13. The summed E-state index contributed by atoms with van der Waals surface area (Å²) < 4.78 is 4.84. The van der Waals surface area contributed by atoms with Crippen molar-refractivity contribution in [2.75, 3.05) is 13.7 Å². The molecule has 29 heavy (non-hydrogen) atoms. The number of esters is 1. The largest absolute Gasteiger partial charge is 0.469 e. The Morgan fingerprint density at radius 1 is 1.41 bits per heavy atom. The van der Waals surface area contributed by atoms with Crippen LogP contribution in [0, 0.1) is 11.3 Å². The zero-order chi connectivity index (χ0) is 21.3. The Bertz CT molecular complexity index is 952. The van der Waals surface area contributed by atoms with Gasteiger partial charge < -0.3 is 9.64 Å². The zero-order valence-corrected chi connectivity index (χ0v) is 18.1. The molecule has 2 heterocycles. The first-order valence-corrected chi connectivity index (χ1v) is 10.1. The van der Waals surface area contributed by atoms with E-state index >= 15 is 0 Å². The number of ether oxygens (including phenoxy) is 1. The number of H-pyrrole nitrogens is 1. The molecule has 1 aliphatic heterocycles. The number of carbonyl (C=O) groups is 2. The number of rotatable bonds is 4. The van der Waals surface area contributed by atoms with Gasteiger partial charge in [-0.2, -0.15) is 5.10 Å². The predicted octanol–water partition coefficient (Wildman–Crippen LogP) is 4.10. The summed E-state index contributed by atoms with van der Waals surface area (Å²) in [6.07, 6.45) is 3.30. The summed E-state index contributed by atoms with van der Waals surface area (Å²) in [5, 5.41) is 8.40. The molecule has 6 nitrogen and oxygen atoms in total. The molecule has 2 aromatic rings. The van der Waals surface area contributed by atoms with Gasteiger partial charge in [-0.15, -0.1) is 0 Å². The third kappa shape index (κ3) is 4.52. The van der Waals surface area contributed by atoms with Crippen LogP contribution in [0.5, 0.6) is 0 Å². The molecule has 1 aromatic heterocycles. The third-order valence-corrected chi connectivity index (χ3v) is 5.48. The van der Waals surface area contributed by atoms with Crippen molar-refractivity contribution in [3.63, 3.8) is 0 Å². The van der Waals surface area contributed by atoms with Crippen molar-refractivity contribution in [2.45, 2.75) is 53.5 Å². The highest BCUT2D eigenvalue weighted by Crippen LogP contribution is 2.34. The minimum absolute atomic E-state index is 0.0246. The smallest absolute Gasteiger partial charge is 0.306 e. The van der Waals surface area contributed by atoms with E-state index in [0.717, 1.165) is 34.0 Å². The van der Waals surface area contributed by atoms with E-state index in [4.69, 9.17) is 4.74 Å². The van der Waals surface area contributed by atoms with Gasteiger partial charge in [-0.25, -0.2) is 0 Å². The number of nitrogens with zero attached hydrogens (tertiary/aromatic N) is 2. The Hall–Kier alpha value is -2.63. The van der Waals surface area contributed by atoms with Crippen molar-refractivity contribution < 1.29 is 14.3 Å². The lowest BCUT2D eigenvalue weighted by Crippen LogP contribution is -2.42. The summed E-state index contributed by atoms with van der Waals surface area (Å²) in [4.78, 5) is 27.2. The maximum atomic E-state index is 13.4. The molecule has 1 amide bonds. The quantitative estimate of drug-likeness (QED) is 0.788. The molecule has 1 aliphatic rings. The fraction of sp³-hybridized carbons (Fsp3) is 0.522. The van der Waals surface area contributed by atoms with Crippen molar-refractivity contribution in [1.82, 2.24) is 15.1 Å². The van der Waals surface area contributed by atoms with Crippen molar-refractivity contribution in [3.05, 3.63) is 35.5 Å². The molecular formula is C23H31N3O3. The normalized spacial score (nSPS) is 17.6. The van der Waals surface area contributed by atoms with Crippen molar-refractivity contribution in [3.8, 4) is 0 Å². The number of hydrogen-bond acceptors (Lipinski definition) is 4. The van der Waals surface area contributed by atoms with E-state index in [-0.39, 0.29) is 29.6 Å². The van der Waals surface area contributed by atoms with Gasteiger partial charge in [-0.1, -0.05) is 27.4 Å². The molecule has 156 valence electrons. The Labute approximate surface area is 172 Å². The second kappa shape index (κ2) is 8.01. The number of allylic oxidation sites excluding steroid dienone is 1. The number of methoxy groups -OCH3 is 1. The fourth-order valence-electron chi connectivity index (χ4n) is 4.13. The van der Waals surface area contributed by atoms with Gasteiger partial charge in [0.1, 0.15) is 0 Å². The number of benzene rings is 1. The van der Waals surface area contributed by atoms with Crippen LogP contribution in [0.3, 0.4) is 0 Å². The standard InChI is InChI=1S/C23H31N3O3/c1-14(2)17-9-15-7-8-16(10-20(27)29-6)22(28)26(13-23(3,4)5)12-19(15)18-11-24-25-21(17)18/h9,11,16H,1,7-8,10,12-13H2,2-6H3,(H,24,25)/t16-/m0/s1. The van der Waals surface area contributed by atoms with Crippen LogP contribution in [0.4, 0.5) is 0 Å². The monoisotopic (exact) mass is 397 g/mol. The summed E-state index contributed by atoms with van der Waals surface area (Å²) in [6, 6.07) is 2.17. The van der Waals surface area contributed by atoms with Crippen LogP contribution in [0.25, 0.3) is 16.5 Å². The first kappa shape index (κ1) is 21.1. The number of hydrogen-bond donors (Lipinski definition) is 1. The number of aromatic nitrogens is 2. The van der Waals surface area contributed by atoms with E-state index in [1.165, 1.54) is 12.7 Å². The van der Waals surface area contributed by atoms with Crippen molar-refractivity contribution in [1.29, 1.82) is 0 Å². The van der Waals surface area contributed by atoms with Gasteiger partial charge in [0, 0.05) is 30.0 Å². The van der Waals surface area contributed by atoms with E-state index in [2.05, 4.69) is 43.6 Å². The van der Waals surface area contributed by atoms with Gasteiger partial charge in [0.15, 0.2) is 0 Å². The van der Waals surface area contributed by atoms with E-state index in [1.807, 2.05) is 18.0 Å². The maximum absolute atomic E-state index is 13.4. The predicted molar refractivity (Wildman–Crippen MR) is 114 cm³/mol. The van der Waals surface area contributed by atoms with Gasteiger partial charge in [0.05, 0.1) is 25.2 Å². The molecule has 6 heteroatoms. The molecule has 0 saturated heterocycles. The molecule has 0 spiro atoms. The number of fused-ring (bicyclic) bond motifs is 3. The summed E-state index contributed by atoms with van der Waals surface area (Å²) >= 11 is 0. The second-order valence-electron chi connectivity index (χ2n) is 9.27. The summed E-state index contributed by atoms with van der Waals surface area (Å²) in [5.74, 6) is -0.685. The lowest BCUT2D eigenvalue weighted by Gasteiger charge is -2.35. The van der Waals surface area contributed by atoms with Crippen LogP contribution in [-0.4, -0.2) is 40.6 Å². The third-order valence-electron chi connectivity index (χ3n) is 5.48. The van der Waals surface area contributed by atoms with Crippen molar-refractivity contribution in [2.24, 2.45) is 11.3 Å². The van der Waals surface area contributed by atoms with Crippen molar-refractivity contribution >= 4 is 28.4 Å². The molecule has 0 radical (unpaired) electrons. The number of nitrogens with one attached hydrogen (secondary N) is 1. The van der Waals surface area contributed by atoms with Crippen LogP contribution >= 0.6 is 0 Å². The van der Waals surface area contributed by atoms with Gasteiger partial charge in [0.2, 0.25) is 5.91 Å². The molecule has 0 fully saturated rings. The topological polar surface area (TPSA) is 75.3 Å². The minimum Gasteiger partial charge on any atom is -0.469 e. The van der Waals surface area contributed by atoms with E-state index in [0.29, 0.717) is 19.5 Å². The lowest BCUT2D eigenvalue weighted by atomic mass is 9.86. The van der Waals surface area contributed by atoms with Crippen LogP contribution in [0.15, 0.2) is 18.8 Å². The molecular weight excluding hydrogens is 366 g/mol. The van der Waals surface area contributed by atoms with Crippen LogP contribution in [0.2, 0.25) is 0 Å². The van der Waals surface area contributed by atoms with Crippen LogP contribution in [0.1, 0.15) is 57.2 Å². The Morgan fingerprint density at radius 3 is 2.76 bits per heavy atom. The Balaban J connectivity index is 2.10. The Morgan fingerprint density at radius 2 is 2.14 bits per heavy atom. The van der Waals surface area contributed by atoms with E-state index in [9.17, 15) is 9.59 Å². The maximum Gasteiger partial charge on any atom is 0.306 e. The summed E-state index contributed by atoms with van der Waals surface area (Å²) in [7, 11) is 1.37. The highest BCUT2D eigenvalue weighted by Gasteiger charge is 2.32. The summed E-state index contributed by atoms with van der Waals surface area (Å²) in [5.41, 5.74) is 5.25. The van der Waals surface area contributed by atoms with Gasteiger partial charge in [-0.05, 0) is 47.9 Å². The number of carbonyl (C=O) groups excluding carboxylic acids is 2. The SMILES string of the molecule is C=C(C)c1cc2c(c3cn[nH]c13)CN(CC(C)(C)C)C(=O)[C@H](CC(=O)OC)CC2. The van der Waals surface area contributed by atoms with E-state index < -0.39 is 0 Å². The Kier molecular flexibility index (Phi) is 5.82. The van der Waals surface area contributed by atoms with Crippen LogP contribution < -0.4 is 0 Å². The lowest BCUT2D eigenvalue weighted by molar-refractivity contribution is -0.148. The second-order valence-corrected chi connectivity index (χ2v) is 9.27. The zero-order valence-electron chi connectivity index (χ0n) is 18.1. The van der Waals surface area contributed by atoms with E-state index in [1.54, 1.807) is 0 Å². The molecule has 0 unspecified atom stereocenters. The number of aromatic amines is 1. The molecule has 0 aliphatic carbocycles. The average molecular weight is 398 g/mol. The number of aryl methyl sites for hydroxylation is 1. The average Bonchev–Trinajstić information content (AvgIpc) is 3.11. The molecule has 3 rings (SSSR count). The van der Waals surface area contributed by atoms with Gasteiger partial charge in [-0.3, -0.25) is 14.7 Å². The molecule has 0 saturated carbocycles. The minimum atomic E-state index is -0.369. The number of amides is 1. The van der Waals surface area contributed by atoms with Gasteiger partial charge in [0.25, 0.3) is 0 Å². The first-order valence-electron chi connectivity index (χ1n) is 10.1. The molecule has 1 aromatic carbocycles. The first-order chi connectivity index (χ1) is 13.6. The molecule has 1 N–H and O–H groups in total. The summed E-state index contributed by atoms with van der Waals surface area (Å²) in [6.45, 7) is 13.6. The molecule has 0 bridgehead atoms. The highest BCUT2D eigenvalue weighted by molar-refractivity contribution is 5.93. The van der Waals surface area contributed by atoms with Gasteiger partial charge >= 0.3 is 5.97 Å². The molecule has 1 atom stereocenters. The van der Waals surface area contributed by atoms with Crippen LogP contribution in [-0.2, 0) is 27.3 Å².